The van der Waals surface area contributed by atoms with Gasteiger partial charge in [-0.15, -0.1) is 0 Å². The number of nitrogens with zero attached hydrogens (tertiary/aromatic N) is 1. The highest BCUT2D eigenvalue weighted by atomic mass is 35.5. The molecule has 0 radical (unpaired) electrons. The summed E-state index contributed by atoms with van der Waals surface area (Å²) in [6.45, 7) is 0.876. The molecule has 38 heavy (non-hydrogen) atoms. The lowest BCUT2D eigenvalue weighted by Crippen LogP contribution is -2.33. The van der Waals surface area contributed by atoms with E-state index in [1.54, 1.807) is 38.5 Å². The van der Waals surface area contributed by atoms with E-state index in [0.717, 1.165) is 21.6 Å². The molecule has 3 amide bonds. The predicted molar refractivity (Wildman–Crippen MR) is 144 cm³/mol. The van der Waals surface area contributed by atoms with Gasteiger partial charge in [0.05, 0.1) is 20.8 Å². The lowest BCUT2D eigenvalue weighted by Gasteiger charge is -2.15. The Morgan fingerprint density at radius 2 is 1.53 bits per heavy atom. The van der Waals surface area contributed by atoms with E-state index in [9.17, 15) is 14.4 Å². The van der Waals surface area contributed by atoms with Gasteiger partial charge in [-0.2, -0.15) is 0 Å². The number of imide groups is 1. The lowest BCUT2D eigenvalue weighted by molar-refractivity contribution is -0.138. The van der Waals surface area contributed by atoms with E-state index in [-0.39, 0.29) is 29.7 Å². The van der Waals surface area contributed by atoms with Gasteiger partial charge in [-0.25, -0.2) is 0 Å². The van der Waals surface area contributed by atoms with Crippen molar-refractivity contribution in [3.05, 3.63) is 106 Å². The summed E-state index contributed by atoms with van der Waals surface area (Å²) < 4.78 is 10.6. The number of methoxy groups -OCH3 is 2. The van der Waals surface area contributed by atoms with Crippen LogP contribution in [-0.4, -0.2) is 43.4 Å². The van der Waals surface area contributed by atoms with Crippen LogP contribution in [0.25, 0.3) is 0 Å². The SMILES string of the molecule is COc1ccc(CCNC(=O)c2ccc(CNC3=C(Cl)C(=O)N(Cc4ccccc4)C3=O)cc2)cc1OC. The molecule has 0 aromatic heterocycles. The lowest BCUT2D eigenvalue weighted by atomic mass is 10.1. The van der Waals surface area contributed by atoms with E-state index in [1.165, 1.54) is 0 Å². The molecule has 196 valence electrons. The first kappa shape index (κ1) is 26.8. The van der Waals surface area contributed by atoms with E-state index in [4.69, 9.17) is 21.1 Å². The van der Waals surface area contributed by atoms with Crippen molar-refractivity contribution in [2.24, 2.45) is 0 Å². The van der Waals surface area contributed by atoms with Gasteiger partial charge in [0.25, 0.3) is 17.7 Å². The van der Waals surface area contributed by atoms with Crippen LogP contribution in [0.1, 0.15) is 27.0 Å². The summed E-state index contributed by atoms with van der Waals surface area (Å²) in [5, 5.41) is 5.76. The number of rotatable bonds is 11. The monoisotopic (exact) mass is 533 g/mol. The fraction of sp³-hybridized carbons (Fsp3) is 0.207. The van der Waals surface area contributed by atoms with Gasteiger partial charge < -0.3 is 20.1 Å². The first-order chi connectivity index (χ1) is 18.4. The second-order valence-electron chi connectivity index (χ2n) is 8.62. The number of carbonyl (C=O) groups is 3. The Labute approximate surface area is 226 Å². The Kier molecular flexibility index (Phi) is 8.66. The second-order valence-corrected chi connectivity index (χ2v) is 8.99. The number of carbonyl (C=O) groups excluding carboxylic acids is 3. The van der Waals surface area contributed by atoms with Crippen molar-refractivity contribution in [2.75, 3.05) is 20.8 Å². The minimum absolute atomic E-state index is 0.0737. The highest BCUT2D eigenvalue weighted by molar-refractivity contribution is 6.47. The summed E-state index contributed by atoms with van der Waals surface area (Å²) in [6, 6.07) is 21.9. The molecule has 1 heterocycles. The van der Waals surface area contributed by atoms with Crippen LogP contribution in [-0.2, 0) is 29.1 Å². The minimum atomic E-state index is -0.525. The molecule has 0 saturated heterocycles. The molecule has 4 rings (SSSR count). The first-order valence-electron chi connectivity index (χ1n) is 12.0. The van der Waals surface area contributed by atoms with E-state index in [0.29, 0.717) is 30.0 Å². The van der Waals surface area contributed by atoms with Crippen LogP contribution in [0.5, 0.6) is 11.5 Å². The first-order valence-corrected chi connectivity index (χ1v) is 12.4. The van der Waals surface area contributed by atoms with Crippen LogP contribution in [0.4, 0.5) is 0 Å². The van der Waals surface area contributed by atoms with Crippen molar-refractivity contribution < 1.29 is 23.9 Å². The van der Waals surface area contributed by atoms with Crippen LogP contribution in [0, 0.1) is 0 Å². The van der Waals surface area contributed by atoms with Crippen LogP contribution >= 0.6 is 11.6 Å². The normalized spacial score (nSPS) is 13.1. The largest absolute Gasteiger partial charge is 0.493 e. The molecule has 0 spiro atoms. The number of halogens is 1. The molecule has 0 saturated carbocycles. The van der Waals surface area contributed by atoms with E-state index in [2.05, 4.69) is 10.6 Å². The number of hydrogen-bond donors (Lipinski definition) is 2. The molecule has 2 N–H and O–H groups in total. The van der Waals surface area contributed by atoms with Crippen molar-refractivity contribution in [3.8, 4) is 11.5 Å². The summed E-state index contributed by atoms with van der Waals surface area (Å²) in [6.07, 6.45) is 0.637. The molecular formula is C29H28ClN3O5. The van der Waals surface area contributed by atoms with Gasteiger partial charge in [0.15, 0.2) is 11.5 Å². The Balaban J connectivity index is 1.28. The molecule has 0 fully saturated rings. The molecule has 3 aromatic carbocycles. The maximum atomic E-state index is 12.8. The highest BCUT2D eigenvalue weighted by Gasteiger charge is 2.37. The zero-order chi connectivity index (χ0) is 27.1. The van der Waals surface area contributed by atoms with Crippen LogP contribution in [0.2, 0.25) is 0 Å². The third-order valence-electron chi connectivity index (χ3n) is 6.13. The molecule has 1 aliphatic rings. The molecule has 3 aromatic rings. The fourth-order valence-electron chi connectivity index (χ4n) is 4.03. The average Bonchev–Trinajstić information content (AvgIpc) is 3.15. The quantitative estimate of drug-likeness (QED) is 0.364. The maximum absolute atomic E-state index is 12.8. The molecular weight excluding hydrogens is 506 g/mol. The fourth-order valence-corrected chi connectivity index (χ4v) is 4.28. The third-order valence-corrected chi connectivity index (χ3v) is 6.48. The predicted octanol–water partition coefficient (Wildman–Crippen LogP) is 3.79. The van der Waals surface area contributed by atoms with Gasteiger partial charge in [0.2, 0.25) is 0 Å². The van der Waals surface area contributed by atoms with Crippen LogP contribution in [0.15, 0.2) is 83.5 Å². The summed E-state index contributed by atoms with van der Waals surface area (Å²) in [7, 11) is 3.17. The van der Waals surface area contributed by atoms with E-state index < -0.39 is 11.8 Å². The van der Waals surface area contributed by atoms with Gasteiger partial charge in [-0.05, 0) is 47.4 Å². The Bertz CT molecular complexity index is 1360. The number of amides is 3. The average molecular weight is 534 g/mol. The number of ether oxygens (including phenoxy) is 2. The van der Waals surface area contributed by atoms with E-state index in [1.807, 2.05) is 48.5 Å². The van der Waals surface area contributed by atoms with Crippen molar-refractivity contribution in [3.63, 3.8) is 0 Å². The van der Waals surface area contributed by atoms with Crippen molar-refractivity contribution in [1.82, 2.24) is 15.5 Å². The Hall–Kier alpha value is -4.30. The number of nitrogens with one attached hydrogen (secondary N) is 2. The minimum Gasteiger partial charge on any atom is -0.493 e. The number of hydrogen-bond acceptors (Lipinski definition) is 6. The molecule has 0 aliphatic carbocycles. The summed E-state index contributed by atoms with van der Waals surface area (Å²) in [5.74, 6) is 0.119. The van der Waals surface area contributed by atoms with Gasteiger partial charge >= 0.3 is 0 Å². The van der Waals surface area contributed by atoms with Crippen molar-refractivity contribution in [2.45, 2.75) is 19.5 Å². The molecule has 1 aliphatic heterocycles. The van der Waals surface area contributed by atoms with Crippen molar-refractivity contribution >= 4 is 29.3 Å². The molecule has 8 nitrogen and oxygen atoms in total. The van der Waals surface area contributed by atoms with Gasteiger partial charge in [-0.3, -0.25) is 19.3 Å². The van der Waals surface area contributed by atoms with E-state index >= 15 is 0 Å². The molecule has 9 heteroatoms. The highest BCUT2D eigenvalue weighted by Crippen LogP contribution is 2.27. The van der Waals surface area contributed by atoms with Crippen molar-refractivity contribution in [1.29, 1.82) is 0 Å². The standard InChI is InChI=1S/C29H28ClN3O5/c1-37-23-13-10-19(16-24(23)38-2)14-15-31-27(34)22-11-8-20(9-12-22)17-32-26-25(30)28(35)33(29(26)36)18-21-6-4-3-5-7-21/h3-13,16,32H,14-15,17-18H2,1-2H3,(H,31,34). The smallest absolute Gasteiger partial charge is 0.278 e. The maximum Gasteiger partial charge on any atom is 0.278 e. The zero-order valence-corrected chi connectivity index (χ0v) is 21.9. The van der Waals surface area contributed by atoms with Gasteiger partial charge in [0, 0.05) is 18.7 Å². The second kappa shape index (κ2) is 12.3. The Morgan fingerprint density at radius 3 is 2.21 bits per heavy atom. The molecule has 0 unspecified atom stereocenters. The summed E-state index contributed by atoms with van der Waals surface area (Å²) in [5.41, 5.74) is 3.26. The summed E-state index contributed by atoms with van der Waals surface area (Å²) >= 11 is 6.18. The molecule has 0 atom stereocenters. The van der Waals surface area contributed by atoms with Crippen LogP contribution in [0.3, 0.4) is 0 Å². The number of benzene rings is 3. The zero-order valence-electron chi connectivity index (χ0n) is 21.1. The topological polar surface area (TPSA) is 97.0 Å². The molecule has 0 bridgehead atoms. The summed E-state index contributed by atoms with van der Waals surface area (Å²) in [4.78, 5) is 39.0. The van der Waals surface area contributed by atoms with Crippen LogP contribution < -0.4 is 20.1 Å². The van der Waals surface area contributed by atoms with Gasteiger partial charge in [-0.1, -0.05) is 60.1 Å². The van der Waals surface area contributed by atoms with Gasteiger partial charge in [0.1, 0.15) is 10.7 Å². The Morgan fingerprint density at radius 1 is 0.842 bits per heavy atom. The third kappa shape index (κ3) is 6.15.